The molecule has 2 amide bonds. The molecule has 10 heteroatoms. The van der Waals surface area contributed by atoms with Crippen molar-refractivity contribution in [2.24, 2.45) is 0 Å². The van der Waals surface area contributed by atoms with E-state index in [0.29, 0.717) is 18.8 Å². The molecule has 0 atom stereocenters. The molecule has 0 N–H and O–H groups in total. The molecule has 2 heterocycles. The van der Waals surface area contributed by atoms with Crippen molar-refractivity contribution in [2.75, 3.05) is 37.0 Å². The fraction of sp³-hybridized carbons (Fsp3) is 0.217. The quantitative estimate of drug-likeness (QED) is 0.551. The van der Waals surface area contributed by atoms with Gasteiger partial charge in [0.15, 0.2) is 5.76 Å². The zero-order valence-electron chi connectivity index (χ0n) is 17.6. The smallest absolute Gasteiger partial charge is 0.289 e. The molecule has 1 aliphatic rings. The number of para-hydroxylation sites is 1. The molecule has 0 bridgehead atoms. The van der Waals surface area contributed by atoms with Gasteiger partial charge in [-0.15, -0.1) is 0 Å². The Morgan fingerprint density at radius 3 is 2.12 bits per heavy atom. The lowest BCUT2D eigenvalue weighted by atomic mass is 10.2. The van der Waals surface area contributed by atoms with Crippen LogP contribution < -0.4 is 4.31 Å². The standard InChI is InChI=1S/C23H22FN3O5S/c24-18-8-10-20(11-9-18)33(30,31)27(19-5-2-1-3-6-19)17-22(28)25-12-14-26(15-13-25)23(29)21-7-4-16-32-21/h1-11,16H,12-15,17H2. The van der Waals surface area contributed by atoms with Crippen molar-refractivity contribution in [2.45, 2.75) is 4.90 Å². The molecule has 0 spiro atoms. The summed E-state index contributed by atoms with van der Waals surface area (Å²) in [5.41, 5.74) is 0.321. The third kappa shape index (κ3) is 4.90. The largest absolute Gasteiger partial charge is 0.459 e. The van der Waals surface area contributed by atoms with Gasteiger partial charge < -0.3 is 14.2 Å². The third-order valence-electron chi connectivity index (χ3n) is 5.38. The second kappa shape index (κ2) is 9.45. The molecular formula is C23H22FN3O5S. The lowest BCUT2D eigenvalue weighted by Gasteiger charge is -2.35. The molecule has 172 valence electrons. The highest BCUT2D eigenvalue weighted by Crippen LogP contribution is 2.24. The summed E-state index contributed by atoms with van der Waals surface area (Å²) >= 11 is 0. The minimum atomic E-state index is -4.12. The molecule has 0 radical (unpaired) electrons. The van der Waals surface area contributed by atoms with Gasteiger partial charge in [0.2, 0.25) is 5.91 Å². The highest BCUT2D eigenvalue weighted by atomic mass is 32.2. The van der Waals surface area contributed by atoms with E-state index in [1.54, 1.807) is 47.4 Å². The number of benzene rings is 2. The number of anilines is 1. The van der Waals surface area contributed by atoms with Crippen molar-refractivity contribution in [1.29, 1.82) is 0 Å². The molecule has 3 aromatic rings. The summed E-state index contributed by atoms with van der Waals surface area (Å²) in [5, 5.41) is 0. The van der Waals surface area contributed by atoms with Crippen LogP contribution in [0.15, 0.2) is 82.3 Å². The number of amides is 2. The summed E-state index contributed by atoms with van der Waals surface area (Å²) in [7, 11) is -4.12. The van der Waals surface area contributed by atoms with Gasteiger partial charge in [-0.3, -0.25) is 13.9 Å². The lowest BCUT2D eigenvalue weighted by Crippen LogP contribution is -2.53. The average molecular weight is 472 g/mol. The van der Waals surface area contributed by atoms with Crippen LogP contribution in [0.5, 0.6) is 0 Å². The normalized spacial score (nSPS) is 14.2. The number of rotatable bonds is 6. The van der Waals surface area contributed by atoms with Crippen LogP contribution in [0.1, 0.15) is 10.6 Å². The molecular weight excluding hydrogens is 449 g/mol. The molecule has 0 saturated carbocycles. The minimum Gasteiger partial charge on any atom is -0.459 e. The van der Waals surface area contributed by atoms with E-state index >= 15 is 0 Å². The van der Waals surface area contributed by atoms with Gasteiger partial charge >= 0.3 is 0 Å². The molecule has 4 rings (SSSR count). The molecule has 8 nitrogen and oxygen atoms in total. The van der Waals surface area contributed by atoms with E-state index in [0.717, 1.165) is 16.4 Å². The Hall–Kier alpha value is -3.66. The van der Waals surface area contributed by atoms with E-state index in [-0.39, 0.29) is 29.7 Å². The maximum atomic E-state index is 13.3. The van der Waals surface area contributed by atoms with E-state index < -0.39 is 28.3 Å². The number of hydrogen-bond acceptors (Lipinski definition) is 5. The van der Waals surface area contributed by atoms with Crippen molar-refractivity contribution in [3.8, 4) is 0 Å². The maximum Gasteiger partial charge on any atom is 0.289 e. The van der Waals surface area contributed by atoms with Crippen molar-refractivity contribution < 1.29 is 26.8 Å². The van der Waals surface area contributed by atoms with Crippen molar-refractivity contribution in [3.63, 3.8) is 0 Å². The number of carbonyl (C=O) groups is 2. The van der Waals surface area contributed by atoms with Crippen molar-refractivity contribution >= 4 is 27.5 Å². The lowest BCUT2D eigenvalue weighted by molar-refractivity contribution is -0.131. The average Bonchev–Trinajstić information content (AvgIpc) is 3.38. The molecule has 1 aliphatic heterocycles. The molecule has 0 aliphatic carbocycles. The van der Waals surface area contributed by atoms with Gasteiger partial charge in [-0.25, -0.2) is 12.8 Å². The van der Waals surface area contributed by atoms with Gasteiger partial charge in [-0.1, -0.05) is 18.2 Å². The third-order valence-corrected chi connectivity index (χ3v) is 7.16. The van der Waals surface area contributed by atoms with E-state index in [1.807, 2.05) is 0 Å². The monoisotopic (exact) mass is 471 g/mol. The van der Waals surface area contributed by atoms with Crippen LogP contribution in [0.3, 0.4) is 0 Å². The number of piperazine rings is 1. The van der Waals surface area contributed by atoms with Crippen molar-refractivity contribution in [3.05, 3.63) is 84.6 Å². The zero-order valence-corrected chi connectivity index (χ0v) is 18.4. The second-order valence-electron chi connectivity index (χ2n) is 7.45. The van der Waals surface area contributed by atoms with E-state index in [2.05, 4.69) is 0 Å². The van der Waals surface area contributed by atoms with E-state index in [4.69, 9.17) is 4.42 Å². The Labute approximate surface area is 190 Å². The van der Waals surface area contributed by atoms with E-state index in [9.17, 15) is 22.4 Å². The molecule has 1 fully saturated rings. The number of sulfonamides is 1. The topological polar surface area (TPSA) is 91.1 Å². The Kier molecular flexibility index (Phi) is 6.45. The number of hydrogen-bond donors (Lipinski definition) is 0. The van der Waals surface area contributed by atoms with Gasteiger partial charge in [0.05, 0.1) is 16.8 Å². The number of nitrogens with zero attached hydrogens (tertiary/aromatic N) is 3. The first-order valence-electron chi connectivity index (χ1n) is 10.3. The Morgan fingerprint density at radius 2 is 1.52 bits per heavy atom. The summed E-state index contributed by atoms with van der Waals surface area (Å²) in [5.74, 6) is -0.972. The summed E-state index contributed by atoms with van der Waals surface area (Å²) in [6.07, 6.45) is 1.42. The fourth-order valence-corrected chi connectivity index (χ4v) is 5.00. The summed E-state index contributed by atoms with van der Waals surface area (Å²) in [6.45, 7) is 0.730. The summed E-state index contributed by atoms with van der Waals surface area (Å²) in [4.78, 5) is 28.5. The van der Waals surface area contributed by atoms with Crippen LogP contribution in [-0.4, -0.2) is 62.8 Å². The highest BCUT2D eigenvalue weighted by molar-refractivity contribution is 7.92. The summed E-state index contributed by atoms with van der Waals surface area (Å²) < 4.78 is 46.1. The molecule has 1 saturated heterocycles. The molecule has 2 aromatic carbocycles. The Bertz CT molecular complexity index is 1210. The van der Waals surface area contributed by atoms with Gasteiger partial charge in [0.25, 0.3) is 15.9 Å². The van der Waals surface area contributed by atoms with Crippen molar-refractivity contribution in [1.82, 2.24) is 9.80 Å². The first-order chi connectivity index (χ1) is 15.9. The summed E-state index contributed by atoms with van der Waals surface area (Å²) in [6, 6.07) is 15.9. The first-order valence-corrected chi connectivity index (χ1v) is 11.7. The van der Waals surface area contributed by atoms with Crippen LogP contribution in [0.4, 0.5) is 10.1 Å². The molecule has 0 unspecified atom stereocenters. The maximum absolute atomic E-state index is 13.3. The molecule has 1 aromatic heterocycles. The SMILES string of the molecule is O=C(CN(c1ccccc1)S(=O)(=O)c1ccc(F)cc1)N1CCN(C(=O)c2ccco2)CC1. The highest BCUT2D eigenvalue weighted by Gasteiger charge is 2.31. The van der Waals surface area contributed by atoms with Crippen LogP contribution in [0.25, 0.3) is 0 Å². The predicted octanol–water partition coefficient (Wildman–Crippen LogP) is 2.60. The second-order valence-corrected chi connectivity index (χ2v) is 9.31. The Balaban J connectivity index is 1.49. The van der Waals surface area contributed by atoms with Crippen LogP contribution >= 0.6 is 0 Å². The van der Waals surface area contributed by atoms with Crippen LogP contribution in [0, 0.1) is 5.82 Å². The fourth-order valence-electron chi connectivity index (χ4n) is 3.58. The van der Waals surface area contributed by atoms with Gasteiger partial charge in [0.1, 0.15) is 12.4 Å². The number of halogens is 1. The minimum absolute atomic E-state index is 0.116. The zero-order chi connectivity index (χ0) is 23.4. The van der Waals surface area contributed by atoms with Gasteiger partial charge in [0, 0.05) is 26.2 Å². The number of carbonyl (C=O) groups excluding carboxylic acids is 2. The van der Waals surface area contributed by atoms with Gasteiger partial charge in [-0.2, -0.15) is 0 Å². The number of furan rings is 1. The Morgan fingerprint density at radius 1 is 0.879 bits per heavy atom. The first kappa shape index (κ1) is 22.5. The molecule has 33 heavy (non-hydrogen) atoms. The van der Waals surface area contributed by atoms with E-state index in [1.165, 1.54) is 23.3 Å². The predicted molar refractivity (Wildman–Crippen MR) is 119 cm³/mol. The van der Waals surface area contributed by atoms with Crippen LogP contribution in [-0.2, 0) is 14.8 Å². The van der Waals surface area contributed by atoms with Crippen LogP contribution in [0.2, 0.25) is 0 Å². The van der Waals surface area contributed by atoms with Gasteiger partial charge in [-0.05, 0) is 48.5 Å².